The lowest BCUT2D eigenvalue weighted by atomic mass is 9.80. The summed E-state index contributed by atoms with van der Waals surface area (Å²) in [5.74, 6) is 2.04. The van der Waals surface area contributed by atoms with E-state index < -0.39 is 0 Å². The summed E-state index contributed by atoms with van der Waals surface area (Å²) in [4.78, 5) is 0. The number of phenolic OH excluding ortho intramolecular Hbond substituents is 1. The third-order valence-electron chi connectivity index (χ3n) is 3.60. The van der Waals surface area contributed by atoms with Crippen LogP contribution in [0.1, 0.15) is 45.1 Å². The van der Waals surface area contributed by atoms with Gasteiger partial charge in [0, 0.05) is 0 Å². The van der Waals surface area contributed by atoms with Gasteiger partial charge in [0.15, 0.2) is 0 Å². The van der Waals surface area contributed by atoms with Crippen molar-refractivity contribution in [2.24, 2.45) is 17.6 Å². The van der Waals surface area contributed by atoms with Gasteiger partial charge in [0.1, 0.15) is 5.75 Å². The van der Waals surface area contributed by atoms with E-state index in [1.54, 1.807) is 6.07 Å². The zero-order valence-electron chi connectivity index (χ0n) is 11.2. The molecule has 0 saturated carbocycles. The molecule has 0 aliphatic carbocycles. The fraction of sp³-hybridized carbons (Fsp3) is 0.600. The topological polar surface area (TPSA) is 46.2 Å². The second-order valence-electron chi connectivity index (χ2n) is 5.16. The molecule has 17 heavy (non-hydrogen) atoms. The molecule has 0 bridgehead atoms. The van der Waals surface area contributed by atoms with Crippen molar-refractivity contribution in [2.75, 3.05) is 6.54 Å². The molecule has 96 valence electrons. The Kier molecular flexibility index (Phi) is 5.49. The van der Waals surface area contributed by atoms with Gasteiger partial charge in [-0.3, -0.25) is 0 Å². The van der Waals surface area contributed by atoms with Crippen LogP contribution < -0.4 is 5.73 Å². The second-order valence-corrected chi connectivity index (χ2v) is 5.16. The van der Waals surface area contributed by atoms with Crippen molar-refractivity contribution in [2.45, 2.75) is 39.5 Å². The Balaban J connectivity index is 2.77. The van der Waals surface area contributed by atoms with Crippen molar-refractivity contribution in [3.05, 3.63) is 29.8 Å². The predicted molar refractivity (Wildman–Crippen MR) is 73.1 cm³/mol. The second kappa shape index (κ2) is 6.65. The van der Waals surface area contributed by atoms with Crippen LogP contribution in [0.4, 0.5) is 0 Å². The van der Waals surface area contributed by atoms with Crippen molar-refractivity contribution >= 4 is 0 Å². The van der Waals surface area contributed by atoms with E-state index in [9.17, 15) is 5.11 Å². The third kappa shape index (κ3) is 4.04. The van der Waals surface area contributed by atoms with Crippen molar-refractivity contribution in [1.82, 2.24) is 0 Å². The molecule has 0 fully saturated rings. The number of phenols is 1. The Morgan fingerprint density at radius 2 is 2.00 bits per heavy atom. The summed E-state index contributed by atoms with van der Waals surface area (Å²) >= 11 is 0. The van der Waals surface area contributed by atoms with E-state index in [1.165, 1.54) is 5.56 Å². The molecule has 2 nitrogen and oxygen atoms in total. The summed E-state index contributed by atoms with van der Waals surface area (Å²) in [6, 6.07) is 7.64. The highest BCUT2D eigenvalue weighted by Crippen LogP contribution is 2.33. The van der Waals surface area contributed by atoms with Crippen LogP contribution in [-0.2, 0) is 0 Å². The van der Waals surface area contributed by atoms with Crippen molar-refractivity contribution in [3.8, 4) is 5.75 Å². The Hall–Kier alpha value is -1.02. The van der Waals surface area contributed by atoms with Gasteiger partial charge in [-0.25, -0.2) is 0 Å². The summed E-state index contributed by atoms with van der Waals surface area (Å²) in [6.45, 7) is 7.44. The quantitative estimate of drug-likeness (QED) is 0.792. The molecule has 0 aliphatic heterocycles. The zero-order chi connectivity index (χ0) is 12.8. The van der Waals surface area contributed by atoms with E-state index in [4.69, 9.17) is 5.73 Å². The maximum Gasteiger partial charge on any atom is 0.115 e. The van der Waals surface area contributed by atoms with Crippen molar-refractivity contribution < 1.29 is 5.11 Å². The van der Waals surface area contributed by atoms with E-state index >= 15 is 0 Å². The van der Waals surface area contributed by atoms with Gasteiger partial charge in [0.25, 0.3) is 0 Å². The van der Waals surface area contributed by atoms with Gasteiger partial charge >= 0.3 is 0 Å². The van der Waals surface area contributed by atoms with Crippen LogP contribution in [0.3, 0.4) is 0 Å². The summed E-state index contributed by atoms with van der Waals surface area (Å²) in [7, 11) is 0. The van der Waals surface area contributed by atoms with Crippen LogP contribution in [-0.4, -0.2) is 11.7 Å². The fourth-order valence-corrected chi connectivity index (χ4v) is 2.62. The highest BCUT2D eigenvalue weighted by molar-refractivity contribution is 5.30. The summed E-state index contributed by atoms with van der Waals surface area (Å²) in [5.41, 5.74) is 6.92. The molecular weight excluding hydrogens is 210 g/mol. The number of hydrogen-bond acceptors (Lipinski definition) is 2. The Morgan fingerprint density at radius 3 is 2.53 bits per heavy atom. The van der Waals surface area contributed by atoms with Gasteiger partial charge in [-0.2, -0.15) is 0 Å². The van der Waals surface area contributed by atoms with Gasteiger partial charge in [-0.05, 0) is 54.8 Å². The summed E-state index contributed by atoms with van der Waals surface area (Å²) < 4.78 is 0. The third-order valence-corrected chi connectivity index (χ3v) is 3.60. The molecule has 3 N–H and O–H groups in total. The largest absolute Gasteiger partial charge is 0.508 e. The lowest BCUT2D eigenvalue weighted by Gasteiger charge is -2.25. The maximum atomic E-state index is 9.55. The summed E-state index contributed by atoms with van der Waals surface area (Å²) in [6.07, 6.45) is 2.24. The first-order valence-corrected chi connectivity index (χ1v) is 6.57. The van der Waals surface area contributed by atoms with Crippen LogP contribution in [0.25, 0.3) is 0 Å². The monoisotopic (exact) mass is 235 g/mol. The van der Waals surface area contributed by atoms with Crippen molar-refractivity contribution in [3.63, 3.8) is 0 Å². The Labute approximate surface area is 105 Å². The standard InChI is InChI=1S/C15H25NO/c1-4-15(12(3)8-11(2)10-16)13-6-5-7-14(17)9-13/h5-7,9,11-12,15,17H,4,8,10,16H2,1-3H3. The van der Waals surface area contributed by atoms with Crippen LogP contribution >= 0.6 is 0 Å². The molecule has 1 aromatic carbocycles. The molecule has 0 spiro atoms. The number of benzene rings is 1. The smallest absolute Gasteiger partial charge is 0.115 e. The molecule has 2 heteroatoms. The van der Waals surface area contributed by atoms with Crippen LogP contribution in [0.2, 0.25) is 0 Å². The van der Waals surface area contributed by atoms with E-state index in [1.807, 2.05) is 12.1 Å². The first kappa shape index (κ1) is 14.0. The first-order chi connectivity index (χ1) is 8.08. The van der Waals surface area contributed by atoms with Crippen LogP contribution in [0.15, 0.2) is 24.3 Å². The number of nitrogens with two attached hydrogens (primary N) is 1. The molecule has 3 unspecified atom stereocenters. The van der Waals surface area contributed by atoms with E-state index in [2.05, 4.69) is 26.8 Å². The van der Waals surface area contributed by atoms with Crippen LogP contribution in [0.5, 0.6) is 5.75 Å². The number of aromatic hydroxyl groups is 1. The molecular formula is C15H25NO. The highest BCUT2D eigenvalue weighted by Gasteiger charge is 2.19. The Morgan fingerprint density at radius 1 is 1.29 bits per heavy atom. The zero-order valence-corrected chi connectivity index (χ0v) is 11.2. The molecule has 1 aromatic rings. The van der Waals surface area contributed by atoms with Gasteiger partial charge < -0.3 is 10.8 Å². The van der Waals surface area contributed by atoms with E-state index in [0.29, 0.717) is 23.5 Å². The van der Waals surface area contributed by atoms with E-state index in [-0.39, 0.29) is 0 Å². The minimum absolute atomic E-state index is 0.361. The van der Waals surface area contributed by atoms with Crippen LogP contribution in [0, 0.1) is 11.8 Å². The SMILES string of the molecule is CCC(c1cccc(O)c1)C(C)CC(C)CN. The van der Waals surface area contributed by atoms with E-state index in [0.717, 1.165) is 19.4 Å². The average Bonchev–Trinajstić information content (AvgIpc) is 2.30. The van der Waals surface area contributed by atoms with Crippen molar-refractivity contribution in [1.29, 1.82) is 0 Å². The number of hydrogen-bond donors (Lipinski definition) is 2. The summed E-state index contributed by atoms with van der Waals surface area (Å²) in [5, 5.41) is 9.55. The minimum atomic E-state index is 0.361. The molecule has 1 rings (SSSR count). The first-order valence-electron chi connectivity index (χ1n) is 6.57. The minimum Gasteiger partial charge on any atom is -0.508 e. The van der Waals surface area contributed by atoms with Gasteiger partial charge in [0.05, 0.1) is 0 Å². The van der Waals surface area contributed by atoms with Gasteiger partial charge in [0.2, 0.25) is 0 Å². The molecule has 0 heterocycles. The molecule has 0 aliphatic rings. The molecule has 0 radical (unpaired) electrons. The molecule has 0 saturated heterocycles. The average molecular weight is 235 g/mol. The predicted octanol–water partition coefficient (Wildman–Crippen LogP) is 3.51. The lowest BCUT2D eigenvalue weighted by Crippen LogP contribution is -2.18. The van der Waals surface area contributed by atoms with Gasteiger partial charge in [-0.15, -0.1) is 0 Å². The van der Waals surface area contributed by atoms with Gasteiger partial charge in [-0.1, -0.05) is 32.9 Å². The lowest BCUT2D eigenvalue weighted by molar-refractivity contribution is 0.355. The molecule has 3 atom stereocenters. The Bertz CT molecular complexity index is 337. The normalized spacial score (nSPS) is 16.5. The fourth-order valence-electron chi connectivity index (χ4n) is 2.62. The maximum absolute atomic E-state index is 9.55. The number of rotatable bonds is 6. The molecule has 0 amide bonds. The highest BCUT2D eigenvalue weighted by atomic mass is 16.3. The molecule has 0 aromatic heterocycles.